The van der Waals surface area contributed by atoms with Gasteiger partial charge in [-0.2, -0.15) is 8.42 Å². The van der Waals surface area contributed by atoms with Gasteiger partial charge in [0.1, 0.15) is 9.84 Å². The topological polar surface area (TPSA) is 121 Å². The molecular weight excluding hydrogens is 334 g/mol. The first-order chi connectivity index (χ1) is 10.1. The molecule has 1 aromatic carbocycles. The van der Waals surface area contributed by atoms with E-state index >= 15 is 0 Å². The number of hydrogen-bond donors (Lipinski definition) is 0. The Morgan fingerprint density at radius 3 is 2.41 bits per heavy atom. The Labute approximate surface area is 128 Å². The van der Waals surface area contributed by atoms with E-state index in [2.05, 4.69) is 0 Å². The van der Waals surface area contributed by atoms with Crippen molar-refractivity contribution in [1.82, 2.24) is 0 Å². The zero-order valence-electron chi connectivity index (χ0n) is 11.8. The van der Waals surface area contributed by atoms with E-state index in [1.54, 1.807) is 6.92 Å². The molecule has 2 rings (SSSR count). The Kier molecular flexibility index (Phi) is 4.43. The molecule has 8 nitrogen and oxygen atoms in total. The second-order valence-electron chi connectivity index (χ2n) is 5.16. The number of hydrogen-bond acceptors (Lipinski definition) is 7. The van der Waals surface area contributed by atoms with Crippen LogP contribution in [-0.4, -0.2) is 38.5 Å². The highest BCUT2D eigenvalue weighted by Crippen LogP contribution is 2.31. The number of aryl methyl sites for hydroxylation is 1. The molecule has 1 aliphatic rings. The van der Waals surface area contributed by atoms with Crippen LogP contribution in [0.3, 0.4) is 0 Å². The van der Waals surface area contributed by atoms with Gasteiger partial charge in [0.05, 0.1) is 21.7 Å². The van der Waals surface area contributed by atoms with Gasteiger partial charge in [-0.25, -0.2) is 8.42 Å². The van der Waals surface area contributed by atoms with Gasteiger partial charge in [-0.05, 0) is 31.4 Å². The summed E-state index contributed by atoms with van der Waals surface area (Å²) in [6, 6.07) is 3.95. The van der Waals surface area contributed by atoms with E-state index in [4.69, 9.17) is 4.18 Å². The summed E-state index contributed by atoms with van der Waals surface area (Å²) in [6.45, 7) is 1.64. The Morgan fingerprint density at radius 1 is 1.27 bits per heavy atom. The number of nitro benzene ring substituents is 1. The summed E-state index contributed by atoms with van der Waals surface area (Å²) < 4.78 is 51.9. The number of rotatable bonds is 4. The van der Waals surface area contributed by atoms with Crippen molar-refractivity contribution in [2.75, 3.05) is 11.5 Å². The van der Waals surface area contributed by atoms with Gasteiger partial charge in [0.25, 0.3) is 0 Å². The smallest absolute Gasteiger partial charge is 0.312 e. The lowest BCUT2D eigenvalue weighted by Gasteiger charge is -2.21. The molecular formula is C12H15NO7S2. The minimum Gasteiger partial charge on any atom is -0.375 e. The van der Waals surface area contributed by atoms with E-state index in [1.165, 1.54) is 18.2 Å². The van der Waals surface area contributed by atoms with Crippen LogP contribution in [0.15, 0.2) is 18.2 Å². The number of benzene rings is 1. The summed E-state index contributed by atoms with van der Waals surface area (Å²) in [6.07, 6.45) is -0.130. The molecule has 0 bridgehead atoms. The van der Waals surface area contributed by atoms with Gasteiger partial charge in [0.15, 0.2) is 0 Å². The molecule has 1 fully saturated rings. The van der Waals surface area contributed by atoms with Crippen LogP contribution < -0.4 is 4.18 Å². The quantitative estimate of drug-likeness (QED) is 0.455. The highest BCUT2D eigenvalue weighted by Gasteiger charge is 2.35. The molecule has 1 heterocycles. The van der Waals surface area contributed by atoms with Crippen molar-refractivity contribution in [2.24, 2.45) is 0 Å². The predicted molar refractivity (Wildman–Crippen MR) is 79.1 cm³/mol. The summed E-state index contributed by atoms with van der Waals surface area (Å²) in [5, 5.41) is 10.00. The number of sulfone groups is 1. The molecule has 0 spiro atoms. The van der Waals surface area contributed by atoms with Crippen LogP contribution in [0.2, 0.25) is 0 Å². The van der Waals surface area contributed by atoms with Crippen LogP contribution in [0.4, 0.5) is 5.69 Å². The van der Waals surface area contributed by atoms with Crippen LogP contribution >= 0.6 is 0 Å². The van der Waals surface area contributed by atoms with Gasteiger partial charge in [0, 0.05) is 6.07 Å². The Morgan fingerprint density at radius 2 is 1.86 bits per heavy atom. The van der Waals surface area contributed by atoms with Crippen molar-refractivity contribution < 1.29 is 25.9 Å². The third-order valence-electron chi connectivity index (χ3n) is 3.43. The molecule has 1 saturated heterocycles. The van der Waals surface area contributed by atoms with Gasteiger partial charge in [-0.15, -0.1) is 0 Å². The van der Waals surface area contributed by atoms with Gasteiger partial charge in [0.2, 0.25) is 5.75 Å². The molecule has 122 valence electrons. The highest BCUT2D eigenvalue weighted by atomic mass is 32.2. The molecule has 0 aromatic heterocycles. The van der Waals surface area contributed by atoms with Crippen molar-refractivity contribution >= 4 is 25.6 Å². The first kappa shape index (κ1) is 16.7. The average Bonchev–Trinajstić information content (AvgIpc) is 2.40. The van der Waals surface area contributed by atoms with E-state index < -0.39 is 35.8 Å². The molecule has 0 aliphatic carbocycles. The fourth-order valence-corrected chi connectivity index (χ4v) is 5.32. The van der Waals surface area contributed by atoms with Crippen molar-refractivity contribution in [3.63, 3.8) is 0 Å². The molecule has 22 heavy (non-hydrogen) atoms. The van der Waals surface area contributed by atoms with E-state index in [0.717, 1.165) is 0 Å². The van der Waals surface area contributed by atoms with Gasteiger partial charge in [-0.3, -0.25) is 10.1 Å². The molecule has 0 radical (unpaired) electrons. The van der Waals surface area contributed by atoms with Crippen LogP contribution in [0.1, 0.15) is 18.4 Å². The summed E-state index contributed by atoms with van der Waals surface area (Å²) in [5.41, 5.74) is 0.159. The van der Waals surface area contributed by atoms with E-state index in [9.17, 15) is 26.9 Å². The second-order valence-corrected chi connectivity index (χ2v) is 9.28. The first-order valence-corrected chi connectivity index (χ1v) is 9.79. The lowest BCUT2D eigenvalue weighted by Crippen LogP contribution is -2.35. The summed E-state index contributed by atoms with van der Waals surface area (Å²) in [7, 11) is -7.33. The lowest BCUT2D eigenvalue weighted by atomic mass is 10.2. The minimum absolute atomic E-state index is 0.0652. The normalized spacial score (nSPS) is 18.8. The van der Waals surface area contributed by atoms with E-state index in [1.807, 2.05) is 0 Å². The zero-order chi connectivity index (χ0) is 16.5. The summed E-state index contributed by atoms with van der Waals surface area (Å²) >= 11 is 0. The molecule has 0 N–H and O–H groups in total. The van der Waals surface area contributed by atoms with Gasteiger partial charge in [-0.1, -0.05) is 6.07 Å². The van der Waals surface area contributed by atoms with E-state index in [0.29, 0.717) is 5.56 Å². The summed E-state index contributed by atoms with van der Waals surface area (Å²) in [4.78, 5) is 10.3. The molecule has 0 unspecified atom stereocenters. The van der Waals surface area contributed by atoms with Crippen LogP contribution in [0.5, 0.6) is 5.75 Å². The number of nitro groups is 1. The van der Waals surface area contributed by atoms with Crippen molar-refractivity contribution in [3.05, 3.63) is 33.9 Å². The fourth-order valence-electron chi connectivity index (χ4n) is 2.19. The zero-order valence-corrected chi connectivity index (χ0v) is 13.4. The SMILES string of the molecule is Cc1ccc(OS(=O)(=O)C2CCS(=O)(=O)CC2)c([N+](=O)[O-])c1. The summed E-state index contributed by atoms with van der Waals surface area (Å²) in [5.74, 6) is -0.809. The van der Waals surface area contributed by atoms with Crippen molar-refractivity contribution in [3.8, 4) is 5.75 Å². The third-order valence-corrected chi connectivity index (χ3v) is 6.84. The largest absolute Gasteiger partial charge is 0.375 e. The van der Waals surface area contributed by atoms with Crippen molar-refractivity contribution in [1.29, 1.82) is 0 Å². The predicted octanol–water partition coefficient (Wildman–Crippen LogP) is 1.19. The van der Waals surface area contributed by atoms with Crippen LogP contribution in [-0.2, 0) is 20.0 Å². The molecule has 1 aromatic rings. The maximum Gasteiger partial charge on any atom is 0.312 e. The molecule has 10 heteroatoms. The molecule has 0 amide bonds. The minimum atomic E-state index is -4.12. The molecule has 1 aliphatic heterocycles. The lowest BCUT2D eigenvalue weighted by molar-refractivity contribution is -0.385. The molecule has 0 saturated carbocycles. The van der Waals surface area contributed by atoms with Crippen molar-refractivity contribution in [2.45, 2.75) is 25.0 Å². The second kappa shape index (κ2) is 5.84. The fraction of sp³-hybridized carbons (Fsp3) is 0.500. The monoisotopic (exact) mass is 349 g/mol. The maximum atomic E-state index is 12.2. The van der Waals surface area contributed by atoms with Crippen LogP contribution in [0, 0.1) is 17.0 Å². The average molecular weight is 349 g/mol. The molecule has 0 atom stereocenters. The Bertz CT molecular complexity index is 785. The van der Waals surface area contributed by atoms with Gasteiger partial charge < -0.3 is 4.18 Å². The highest BCUT2D eigenvalue weighted by molar-refractivity contribution is 7.92. The van der Waals surface area contributed by atoms with Crippen LogP contribution in [0.25, 0.3) is 0 Å². The standard InChI is InChI=1S/C12H15NO7S2/c1-9-2-3-12(11(8-9)13(14)15)20-22(18,19)10-4-6-21(16,17)7-5-10/h2-3,8,10H,4-7H2,1H3. The maximum absolute atomic E-state index is 12.2. The Balaban J connectivity index is 2.25. The van der Waals surface area contributed by atoms with Gasteiger partial charge >= 0.3 is 15.8 Å². The first-order valence-electron chi connectivity index (χ1n) is 6.49. The third kappa shape index (κ3) is 3.74. The van der Waals surface area contributed by atoms with E-state index in [-0.39, 0.29) is 30.1 Å². The Hall–Kier alpha value is -1.68. The number of nitrogens with zero attached hydrogens (tertiary/aromatic N) is 1.